The minimum atomic E-state index is 0.427. The molecule has 3 unspecified atom stereocenters. The summed E-state index contributed by atoms with van der Waals surface area (Å²) < 4.78 is 0. The highest BCUT2D eigenvalue weighted by Gasteiger charge is 2.24. The molecule has 1 aliphatic heterocycles. The third kappa shape index (κ3) is 4.26. The van der Waals surface area contributed by atoms with Gasteiger partial charge in [-0.1, -0.05) is 13.0 Å². The van der Waals surface area contributed by atoms with Crippen molar-refractivity contribution in [1.29, 1.82) is 0 Å². The van der Waals surface area contributed by atoms with Crippen LogP contribution in [0, 0.1) is 5.92 Å². The van der Waals surface area contributed by atoms with Crippen molar-refractivity contribution >= 4 is 0 Å². The summed E-state index contributed by atoms with van der Waals surface area (Å²) in [6.45, 7) is 14.4. The van der Waals surface area contributed by atoms with Gasteiger partial charge in [-0.15, -0.1) is 6.58 Å². The number of nitrogens with zero attached hydrogens (tertiary/aromatic N) is 1. The van der Waals surface area contributed by atoms with Crippen LogP contribution in [0.5, 0.6) is 0 Å². The van der Waals surface area contributed by atoms with E-state index in [1.807, 2.05) is 6.08 Å². The Labute approximate surface area is 101 Å². The summed E-state index contributed by atoms with van der Waals surface area (Å²) in [5.41, 5.74) is 0. The molecule has 0 aromatic rings. The predicted octanol–water partition coefficient (Wildman–Crippen LogP) is 2.66. The van der Waals surface area contributed by atoms with Crippen LogP contribution in [0.15, 0.2) is 12.7 Å². The van der Waals surface area contributed by atoms with Crippen LogP contribution < -0.4 is 5.32 Å². The van der Waals surface area contributed by atoms with Gasteiger partial charge in [0.1, 0.15) is 0 Å². The first-order chi connectivity index (χ1) is 7.67. The molecule has 0 amide bonds. The minimum Gasteiger partial charge on any atom is -0.308 e. The standard InChI is InChI=1S/C14H28N2/c1-5-9-16-10-7-8-14(11-16)13(4)15-12(3)6-2/h6,12-15H,2,5,7-11H2,1,3-4H3. The van der Waals surface area contributed by atoms with Crippen molar-refractivity contribution in [3.05, 3.63) is 12.7 Å². The zero-order chi connectivity index (χ0) is 12.0. The number of rotatable bonds is 6. The second kappa shape index (κ2) is 7.08. The van der Waals surface area contributed by atoms with Crippen molar-refractivity contribution in [2.75, 3.05) is 19.6 Å². The molecule has 0 saturated carbocycles. The molecule has 1 saturated heterocycles. The number of piperidine rings is 1. The van der Waals surface area contributed by atoms with E-state index in [1.54, 1.807) is 0 Å². The normalized spacial score (nSPS) is 26.3. The molecule has 2 heteroatoms. The molecule has 1 fully saturated rings. The van der Waals surface area contributed by atoms with E-state index >= 15 is 0 Å². The quantitative estimate of drug-likeness (QED) is 0.698. The molecule has 0 bridgehead atoms. The summed E-state index contributed by atoms with van der Waals surface area (Å²) in [6.07, 6.45) is 6.00. The maximum atomic E-state index is 3.83. The predicted molar refractivity (Wildman–Crippen MR) is 71.7 cm³/mol. The Morgan fingerprint density at radius 1 is 1.50 bits per heavy atom. The van der Waals surface area contributed by atoms with Crippen LogP contribution in [0.3, 0.4) is 0 Å². The molecule has 2 nitrogen and oxygen atoms in total. The van der Waals surface area contributed by atoms with Crippen molar-refractivity contribution in [3.63, 3.8) is 0 Å². The lowest BCUT2D eigenvalue weighted by Crippen LogP contribution is -2.46. The average Bonchev–Trinajstić information content (AvgIpc) is 2.29. The summed E-state index contributed by atoms with van der Waals surface area (Å²) >= 11 is 0. The van der Waals surface area contributed by atoms with Gasteiger partial charge in [-0.3, -0.25) is 0 Å². The van der Waals surface area contributed by atoms with E-state index in [0.29, 0.717) is 12.1 Å². The maximum absolute atomic E-state index is 3.83. The monoisotopic (exact) mass is 224 g/mol. The van der Waals surface area contributed by atoms with Gasteiger partial charge in [-0.05, 0) is 52.1 Å². The molecule has 1 rings (SSSR count). The van der Waals surface area contributed by atoms with Crippen LogP contribution >= 0.6 is 0 Å². The Balaban J connectivity index is 2.37. The fourth-order valence-corrected chi connectivity index (χ4v) is 2.64. The fraction of sp³-hybridized carbons (Fsp3) is 0.857. The van der Waals surface area contributed by atoms with Gasteiger partial charge >= 0.3 is 0 Å². The second-order valence-corrected chi connectivity index (χ2v) is 5.18. The zero-order valence-electron chi connectivity index (χ0n) is 11.2. The van der Waals surface area contributed by atoms with E-state index in [4.69, 9.17) is 0 Å². The first kappa shape index (κ1) is 13.7. The summed E-state index contributed by atoms with van der Waals surface area (Å²) in [5, 5.41) is 3.62. The number of nitrogens with one attached hydrogen (secondary N) is 1. The van der Waals surface area contributed by atoms with Crippen molar-refractivity contribution in [2.24, 2.45) is 5.92 Å². The Morgan fingerprint density at radius 2 is 2.25 bits per heavy atom. The van der Waals surface area contributed by atoms with Crippen LogP contribution in [0.25, 0.3) is 0 Å². The molecule has 0 aliphatic carbocycles. The topological polar surface area (TPSA) is 15.3 Å². The second-order valence-electron chi connectivity index (χ2n) is 5.18. The third-order valence-electron chi connectivity index (χ3n) is 3.67. The highest BCUT2D eigenvalue weighted by Crippen LogP contribution is 2.20. The van der Waals surface area contributed by atoms with E-state index in [2.05, 4.69) is 37.6 Å². The van der Waals surface area contributed by atoms with Crippen LogP contribution in [0.4, 0.5) is 0 Å². The van der Waals surface area contributed by atoms with Gasteiger partial charge in [0.25, 0.3) is 0 Å². The lowest BCUT2D eigenvalue weighted by molar-refractivity contribution is 0.149. The van der Waals surface area contributed by atoms with E-state index in [9.17, 15) is 0 Å². The Kier molecular flexibility index (Phi) is 6.07. The van der Waals surface area contributed by atoms with Gasteiger partial charge in [0.2, 0.25) is 0 Å². The van der Waals surface area contributed by atoms with Crippen molar-refractivity contribution in [3.8, 4) is 0 Å². The SMILES string of the molecule is C=CC(C)NC(C)C1CCCN(CCC)C1. The Hall–Kier alpha value is -0.340. The number of hydrogen-bond donors (Lipinski definition) is 1. The molecule has 0 aromatic carbocycles. The molecular weight excluding hydrogens is 196 g/mol. The molecule has 16 heavy (non-hydrogen) atoms. The third-order valence-corrected chi connectivity index (χ3v) is 3.67. The van der Waals surface area contributed by atoms with Crippen LogP contribution in [0.2, 0.25) is 0 Å². The summed E-state index contributed by atoms with van der Waals surface area (Å²) in [5.74, 6) is 0.808. The molecule has 0 spiro atoms. The highest BCUT2D eigenvalue weighted by atomic mass is 15.1. The first-order valence-electron chi connectivity index (χ1n) is 6.78. The van der Waals surface area contributed by atoms with Gasteiger partial charge in [-0.25, -0.2) is 0 Å². The molecule has 94 valence electrons. The molecule has 1 N–H and O–H groups in total. The number of likely N-dealkylation sites (tertiary alicyclic amines) is 1. The number of hydrogen-bond acceptors (Lipinski definition) is 2. The van der Waals surface area contributed by atoms with E-state index in [0.717, 1.165) is 5.92 Å². The summed E-state index contributed by atoms with van der Waals surface area (Å²) in [7, 11) is 0. The lowest BCUT2D eigenvalue weighted by Gasteiger charge is -2.36. The Morgan fingerprint density at radius 3 is 2.88 bits per heavy atom. The summed E-state index contributed by atoms with van der Waals surface area (Å²) in [6, 6.07) is 1.03. The van der Waals surface area contributed by atoms with E-state index in [-0.39, 0.29) is 0 Å². The van der Waals surface area contributed by atoms with Crippen molar-refractivity contribution < 1.29 is 0 Å². The van der Waals surface area contributed by atoms with Gasteiger partial charge in [0.15, 0.2) is 0 Å². The molecule has 0 radical (unpaired) electrons. The molecule has 0 aromatic heterocycles. The first-order valence-corrected chi connectivity index (χ1v) is 6.78. The van der Waals surface area contributed by atoms with Crippen LogP contribution in [-0.2, 0) is 0 Å². The Bertz CT molecular complexity index is 201. The van der Waals surface area contributed by atoms with Crippen LogP contribution in [0.1, 0.15) is 40.0 Å². The van der Waals surface area contributed by atoms with Gasteiger partial charge in [0.05, 0.1) is 0 Å². The fourth-order valence-electron chi connectivity index (χ4n) is 2.64. The molecular formula is C14H28N2. The maximum Gasteiger partial charge on any atom is 0.0221 e. The molecule has 3 atom stereocenters. The van der Waals surface area contributed by atoms with Crippen molar-refractivity contribution in [2.45, 2.75) is 52.1 Å². The minimum absolute atomic E-state index is 0.427. The van der Waals surface area contributed by atoms with Crippen LogP contribution in [-0.4, -0.2) is 36.6 Å². The van der Waals surface area contributed by atoms with Crippen molar-refractivity contribution in [1.82, 2.24) is 10.2 Å². The molecule has 1 heterocycles. The van der Waals surface area contributed by atoms with Gasteiger partial charge in [0, 0.05) is 18.6 Å². The smallest absolute Gasteiger partial charge is 0.0221 e. The molecule has 1 aliphatic rings. The average molecular weight is 224 g/mol. The largest absolute Gasteiger partial charge is 0.308 e. The summed E-state index contributed by atoms with van der Waals surface area (Å²) in [4.78, 5) is 2.62. The van der Waals surface area contributed by atoms with E-state index in [1.165, 1.54) is 38.9 Å². The van der Waals surface area contributed by atoms with E-state index < -0.39 is 0 Å². The van der Waals surface area contributed by atoms with Gasteiger partial charge < -0.3 is 10.2 Å². The zero-order valence-corrected chi connectivity index (χ0v) is 11.2. The highest BCUT2D eigenvalue weighted by molar-refractivity contribution is 4.87. The lowest BCUT2D eigenvalue weighted by atomic mass is 9.91. The van der Waals surface area contributed by atoms with Gasteiger partial charge in [-0.2, -0.15) is 0 Å².